The van der Waals surface area contributed by atoms with Gasteiger partial charge in [-0.25, -0.2) is 4.39 Å². The van der Waals surface area contributed by atoms with Gasteiger partial charge in [0.15, 0.2) is 0 Å². The van der Waals surface area contributed by atoms with Crippen molar-refractivity contribution in [1.29, 1.82) is 0 Å². The van der Waals surface area contributed by atoms with Crippen LogP contribution in [0.4, 0.5) is 4.39 Å². The van der Waals surface area contributed by atoms with Crippen LogP contribution < -0.4 is 10.5 Å². The molecule has 0 aliphatic heterocycles. The van der Waals surface area contributed by atoms with Gasteiger partial charge in [-0.1, -0.05) is 11.6 Å². The highest BCUT2D eigenvalue weighted by atomic mass is 35.5. The highest BCUT2D eigenvalue weighted by Crippen LogP contribution is 2.39. The van der Waals surface area contributed by atoms with Crippen LogP contribution in [-0.4, -0.2) is 12.1 Å². The first-order chi connectivity index (χ1) is 7.65. The molecule has 88 valence electrons. The van der Waals surface area contributed by atoms with Crippen LogP contribution in [0.5, 0.6) is 5.75 Å². The summed E-state index contributed by atoms with van der Waals surface area (Å²) in [5, 5.41) is 0.119. The third-order valence-electron chi connectivity index (χ3n) is 3.09. The van der Waals surface area contributed by atoms with Crippen LogP contribution in [0.3, 0.4) is 0 Å². The zero-order chi connectivity index (χ0) is 11.6. The molecule has 0 spiro atoms. The molecule has 1 aromatic carbocycles. The predicted octanol–water partition coefficient (Wildman–Crippen LogP) is 3.13. The number of hydrogen-bond donors (Lipinski definition) is 1. The van der Waals surface area contributed by atoms with E-state index in [2.05, 4.69) is 0 Å². The Kier molecular flexibility index (Phi) is 3.36. The van der Waals surface area contributed by atoms with E-state index in [4.69, 9.17) is 22.1 Å². The van der Waals surface area contributed by atoms with E-state index in [1.165, 1.54) is 12.1 Å². The van der Waals surface area contributed by atoms with Gasteiger partial charge in [0.25, 0.3) is 0 Å². The van der Waals surface area contributed by atoms with Crippen molar-refractivity contribution in [2.45, 2.75) is 31.3 Å². The third-order valence-corrected chi connectivity index (χ3v) is 3.40. The average Bonchev–Trinajstić information content (AvgIpc) is 2.20. The van der Waals surface area contributed by atoms with E-state index < -0.39 is 5.82 Å². The number of benzene rings is 1. The van der Waals surface area contributed by atoms with Crippen molar-refractivity contribution in [3.63, 3.8) is 0 Å². The van der Waals surface area contributed by atoms with E-state index in [1.807, 2.05) is 0 Å². The summed E-state index contributed by atoms with van der Waals surface area (Å²) in [4.78, 5) is 0. The SMILES string of the molecule is NCCC1(Oc2ccc(Cl)c(F)c2)CCC1. The minimum atomic E-state index is -0.443. The van der Waals surface area contributed by atoms with Gasteiger partial charge < -0.3 is 10.5 Å². The van der Waals surface area contributed by atoms with Gasteiger partial charge in [0.2, 0.25) is 0 Å². The lowest BCUT2D eigenvalue weighted by molar-refractivity contribution is -0.0126. The molecule has 16 heavy (non-hydrogen) atoms. The van der Waals surface area contributed by atoms with Crippen LogP contribution in [0.1, 0.15) is 25.7 Å². The fraction of sp³-hybridized carbons (Fsp3) is 0.500. The van der Waals surface area contributed by atoms with E-state index >= 15 is 0 Å². The summed E-state index contributed by atoms with van der Waals surface area (Å²) in [6.07, 6.45) is 3.95. The number of hydrogen-bond acceptors (Lipinski definition) is 2. The molecular weight excluding hydrogens is 229 g/mol. The Bertz CT molecular complexity index is 379. The van der Waals surface area contributed by atoms with Crippen LogP contribution in [0.25, 0.3) is 0 Å². The smallest absolute Gasteiger partial charge is 0.145 e. The van der Waals surface area contributed by atoms with Gasteiger partial charge in [-0.2, -0.15) is 0 Å². The molecule has 0 unspecified atom stereocenters. The van der Waals surface area contributed by atoms with Crippen molar-refractivity contribution in [2.75, 3.05) is 6.54 Å². The molecule has 1 aliphatic rings. The maximum absolute atomic E-state index is 13.2. The van der Waals surface area contributed by atoms with E-state index in [0.29, 0.717) is 12.3 Å². The van der Waals surface area contributed by atoms with Crippen molar-refractivity contribution in [3.05, 3.63) is 29.0 Å². The van der Waals surface area contributed by atoms with Gasteiger partial charge in [-0.15, -0.1) is 0 Å². The van der Waals surface area contributed by atoms with E-state index in [0.717, 1.165) is 25.7 Å². The predicted molar refractivity (Wildman–Crippen MR) is 62.3 cm³/mol. The van der Waals surface area contributed by atoms with Crippen LogP contribution >= 0.6 is 11.6 Å². The Morgan fingerprint density at radius 2 is 2.19 bits per heavy atom. The number of nitrogens with two attached hydrogens (primary N) is 1. The van der Waals surface area contributed by atoms with Gasteiger partial charge in [0, 0.05) is 6.07 Å². The molecule has 2 rings (SSSR count). The highest BCUT2D eigenvalue weighted by molar-refractivity contribution is 6.30. The van der Waals surface area contributed by atoms with Gasteiger partial charge >= 0.3 is 0 Å². The molecular formula is C12H15ClFNO. The Labute approximate surface area is 99.5 Å². The highest BCUT2D eigenvalue weighted by Gasteiger charge is 2.38. The topological polar surface area (TPSA) is 35.2 Å². The minimum Gasteiger partial charge on any atom is -0.487 e. The molecule has 0 saturated heterocycles. The molecule has 0 atom stereocenters. The molecule has 1 saturated carbocycles. The van der Waals surface area contributed by atoms with Crippen LogP contribution in [0.2, 0.25) is 5.02 Å². The van der Waals surface area contributed by atoms with E-state index in [9.17, 15) is 4.39 Å². The van der Waals surface area contributed by atoms with Crippen molar-refractivity contribution in [1.82, 2.24) is 0 Å². The van der Waals surface area contributed by atoms with Crippen molar-refractivity contribution in [3.8, 4) is 5.75 Å². The monoisotopic (exact) mass is 243 g/mol. The Morgan fingerprint density at radius 3 is 2.69 bits per heavy atom. The summed E-state index contributed by atoms with van der Waals surface area (Å²) >= 11 is 5.61. The van der Waals surface area contributed by atoms with Crippen molar-refractivity contribution < 1.29 is 9.13 Å². The largest absolute Gasteiger partial charge is 0.487 e. The lowest BCUT2D eigenvalue weighted by atomic mass is 9.77. The maximum Gasteiger partial charge on any atom is 0.145 e. The Hall–Kier alpha value is -0.800. The van der Waals surface area contributed by atoms with Gasteiger partial charge in [0.05, 0.1) is 5.02 Å². The third kappa shape index (κ3) is 2.30. The summed E-state index contributed by atoms with van der Waals surface area (Å²) in [6, 6.07) is 4.54. The van der Waals surface area contributed by atoms with E-state index in [-0.39, 0.29) is 10.6 Å². The van der Waals surface area contributed by atoms with E-state index in [1.54, 1.807) is 6.07 Å². The zero-order valence-electron chi connectivity index (χ0n) is 9.01. The van der Waals surface area contributed by atoms with Crippen LogP contribution in [-0.2, 0) is 0 Å². The minimum absolute atomic E-state index is 0.119. The summed E-state index contributed by atoms with van der Waals surface area (Å²) in [5.41, 5.74) is 5.38. The molecule has 4 heteroatoms. The summed E-state index contributed by atoms with van der Waals surface area (Å²) in [5.74, 6) is 0.0939. The normalized spacial score (nSPS) is 17.9. The lowest BCUT2D eigenvalue weighted by Gasteiger charge is -2.41. The van der Waals surface area contributed by atoms with Gasteiger partial charge in [-0.3, -0.25) is 0 Å². The molecule has 1 aromatic rings. The fourth-order valence-corrected chi connectivity index (χ4v) is 2.15. The second-order valence-corrected chi connectivity index (χ2v) is 4.66. The summed E-state index contributed by atoms with van der Waals surface area (Å²) < 4.78 is 19.1. The Balaban J connectivity index is 2.10. The lowest BCUT2D eigenvalue weighted by Crippen LogP contribution is -2.44. The molecule has 0 aromatic heterocycles. The standard InChI is InChI=1S/C12H15ClFNO/c13-10-3-2-9(8-11(10)14)16-12(6-7-15)4-1-5-12/h2-3,8H,1,4-7,15H2. The number of ether oxygens (including phenoxy) is 1. The fourth-order valence-electron chi connectivity index (χ4n) is 2.03. The first kappa shape index (κ1) is 11.7. The van der Waals surface area contributed by atoms with Crippen LogP contribution in [0.15, 0.2) is 18.2 Å². The molecule has 1 aliphatic carbocycles. The van der Waals surface area contributed by atoms with Crippen LogP contribution in [0, 0.1) is 5.82 Å². The van der Waals surface area contributed by atoms with Crippen molar-refractivity contribution in [2.24, 2.45) is 5.73 Å². The number of halogens is 2. The molecule has 0 bridgehead atoms. The number of rotatable bonds is 4. The molecule has 1 fully saturated rings. The first-order valence-electron chi connectivity index (χ1n) is 5.49. The molecule has 2 nitrogen and oxygen atoms in total. The average molecular weight is 244 g/mol. The van der Waals surface area contributed by atoms with Gasteiger partial charge in [-0.05, 0) is 44.4 Å². The molecule has 0 amide bonds. The second-order valence-electron chi connectivity index (χ2n) is 4.25. The molecule has 0 radical (unpaired) electrons. The summed E-state index contributed by atoms with van der Waals surface area (Å²) in [7, 11) is 0. The van der Waals surface area contributed by atoms with Gasteiger partial charge in [0.1, 0.15) is 17.2 Å². The zero-order valence-corrected chi connectivity index (χ0v) is 9.77. The second kappa shape index (κ2) is 4.60. The quantitative estimate of drug-likeness (QED) is 0.882. The van der Waals surface area contributed by atoms with Crippen molar-refractivity contribution >= 4 is 11.6 Å². The first-order valence-corrected chi connectivity index (χ1v) is 5.87. The summed E-state index contributed by atoms with van der Waals surface area (Å²) in [6.45, 7) is 0.593. The Morgan fingerprint density at radius 1 is 1.44 bits per heavy atom. The molecule has 2 N–H and O–H groups in total. The molecule has 0 heterocycles. The maximum atomic E-state index is 13.2.